The van der Waals surface area contributed by atoms with Crippen LogP contribution >= 0.6 is 0 Å². The van der Waals surface area contributed by atoms with Gasteiger partial charge in [0.25, 0.3) is 0 Å². The van der Waals surface area contributed by atoms with Crippen LogP contribution in [0.1, 0.15) is 64.7 Å². The number of amides is 2. The van der Waals surface area contributed by atoms with Gasteiger partial charge in [-0.15, -0.1) is 0 Å². The van der Waals surface area contributed by atoms with Gasteiger partial charge >= 0.3 is 5.97 Å². The van der Waals surface area contributed by atoms with Crippen molar-refractivity contribution in [3.8, 4) is 0 Å². The number of unbranched alkanes of at least 4 members (excludes halogenated alkanes) is 1. The number of nitrogens with zero attached hydrogens (tertiary/aromatic N) is 1. The van der Waals surface area contributed by atoms with Crippen molar-refractivity contribution in [1.29, 1.82) is 0 Å². The van der Waals surface area contributed by atoms with E-state index in [1.165, 1.54) is 0 Å². The number of rotatable bonds is 12. The smallest absolute Gasteiger partial charge is 0.305 e. The maximum absolute atomic E-state index is 12.9. The summed E-state index contributed by atoms with van der Waals surface area (Å²) in [6.07, 6.45) is 5.18. The molecule has 190 valence electrons. The number of carboxylic acid groups (broad SMARTS) is 1. The van der Waals surface area contributed by atoms with Gasteiger partial charge in [-0.05, 0) is 57.5 Å². The summed E-state index contributed by atoms with van der Waals surface area (Å²) in [5.41, 5.74) is 5.91. The lowest BCUT2D eigenvalue weighted by atomic mass is 9.92. The fourth-order valence-corrected chi connectivity index (χ4v) is 6.17. The molecular weight excluding hydrogens is 448 g/mol. The van der Waals surface area contributed by atoms with Crippen molar-refractivity contribution in [3.05, 3.63) is 0 Å². The first kappa shape index (κ1) is 27.5. The molecule has 0 aromatic carbocycles. The molecule has 0 aliphatic carbocycles. The summed E-state index contributed by atoms with van der Waals surface area (Å²) in [7, 11) is -3.76. The highest BCUT2D eigenvalue weighted by atomic mass is 32.2. The standard InChI is InChI=1S/C22H40N4O6S/c1-2-3-13-33(31,32)21(23)18(14-20(28)29)25-22(30)17-5-4-12-26(15-17)19(27)7-6-16-8-10-24-11-9-16/h16-18,21,24H,2-15,23H2,1H3,(H,25,30)(H,28,29)/t17-,18+,21?/m1/s1. The zero-order valence-electron chi connectivity index (χ0n) is 19.6. The number of carbonyl (C=O) groups excluding carboxylic acids is 2. The van der Waals surface area contributed by atoms with Crippen molar-refractivity contribution in [2.24, 2.45) is 17.6 Å². The fraction of sp³-hybridized carbons (Fsp3) is 0.864. The molecule has 10 nitrogen and oxygen atoms in total. The first-order chi connectivity index (χ1) is 15.6. The molecule has 0 bridgehead atoms. The number of hydrogen-bond acceptors (Lipinski definition) is 7. The summed E-state index contributed by atoms with van der Waals surface area (Å²) in [5, 5.41) is 13.6. The van der Waals surface area contributed by atoms with Crippen LogP contribution in [0.15, 0.2) is 0 Å². The maximum atomic E-state index is 12.9. The molecule has 2 aliphatic rings. The number of sulfone groups is 1. The average molecular weight is 489 g/mol. The summed E-state index contributed by atoms with van der Waals surface area (Å²) < 4.78 is 25.0. The molecule has 0 spiro atoms. The molecule has 2 heterocycles. The van der Waals surface area contributed by atoms with E-state index in [0.29, 0.717) is 44.6 Å². The number of nitrogens with two attached hydrogens (primary N) is 1. The number of piperidine rings is 2. The fourth-order valence-electron chi connectivity index (χ4n) is 4.54. The van der Waals surface area contributed by atoms with Gasteiger partial charge < -0.3 is 26.4 Å². The van der Waals surface area contributed by atoms with Gasteiger partial charge in [0, 0.05) is 19.5 Å². The van der Waals surface area contributed by atoms with Crippen molar-refractivity contribution >= 4 is 27.6 Å². The van der Waals surface area contributed by atoms with Gasteiger partial charge in [-0.25, -0.2) is 8.42 Å². The SMILES string of the molecule is CCCCS(=O)(=O)C(N)[C@H](CC(=O)O)NC(=O)[C@@H]1CCCN(C(=O)CCC2CCNCC2)C1. The highest BCUT2D eigenvalue weighted by Crippen LogP contribution is 2.22. The van der Waals surface area contributed by atoms with Crippen LogP contribution in [0.25, 0.3) is 0 Å². The third-order valence-corrected chi connectivity index (χ3v) is 8.70. The minimum absolute atomic E-state index is 0.0342. The Labute approximate surface area is 196 Å². The predicted octanol–water partition coefficient (Wildman–Crippen LogP) is 0.464. The topological polar surface area (TPSA) is 159 Å². The second-order valence-electron chi connectivity index (χ2n) is 9.31. The lowest BCUT2D eigenvalue weighted by Gasteiger charge is -2.34. The van der Waals surface area contributed by atoms with Crippen molar-refractivity contribution in [2.45, 2.75) is 76.1 Å². The van der Waals surface area contributed by atoms with Gasteiger partial charge in [0.1, 0.15) is 5.37 Å². The summed E-state index contributed by atoms with van der Waals surface area (Å²) in [6, 6.07) is -1.22. The highest BCUT2D eigenvalue weighted by molar-refractivity contribution is 7.92. The molecule has 3 atom stereocenters. The monoisotopic (exact) mass is 488 g/mol. The van der Waals surface area contributed by atoms with E-state index in [2.05, 4.69) is 10.6 Å². The first-order valence-electron chi connectivity index (χ1n) is 12.1. The molecule has 33 heavy (non-hydrogen) atoms. The van der Waals surface area contributed by atoms with Crippen LogP contribution in [0.3, 0.4) is 0 Å². The molecular formula is C22H40N4O6S. The molecule has 0 radical (unpaired) electrons. The van der Waals surface area contributed by atoms with Crippen molar-refractivity contribution in [1.82, 2.24) is 15.5 Å². The molecule has 11 heteroatoms. The van der Waals surface area contributed by atoms with Gasteiger partial charge in [-0.3, -0.25) is 14.4 Å². The minimum atomic E-state index is -3.76. The molecule has 0 aromatic rings. The van der Waals surface area contributed by atoms with Crippen LogP contribution in [0, 0.1) is 11.8 Å². The number of hydrogen-bond donors (Lipinski definition) is 4. The van der Waals surface area contributed by atoms with Gasteiger partial charge in [-0.1, -0.05) is 13.3 Å². The van der Waals surface area contributed by atoms with Gasteiger partial charge in [-0.2, -0.15) is 0 Å². The largest absolute Gasteiger partial charge is 0.481 e. The Hall–Kier alpha value is -1.72. The van der Waals surface area contributed by atoms with E-state index < -0.39 is 45.5 Å². The molecule has 2 aliphatic heterocycles. The molecule has 2 saturated heterocycles. The number of aliphatic carboxylic acids is 1. The molecule has 2 rings (SSSR count). The van der Waals surface area contributed by atoms with Crippen LogP contribution in [0.4, 0.5) is 0 Å². The van der Waals surface area contributed by atoms with E-state index >= 15 is 0 Å². The quantitative estimate of drug-likeness (QED) is 0.308. The van der Waals surface area contributed by atoms with E-state index in [1.54, 1.807) is 4.90 Å². The van der Waals surface area contributed by atoms with Gasteiger partial charge in [0.15, 0.2) is 9.84 Å². The van der Waals surface area contributed by atoms with E-state index in [1.807, 2.05) is 6.92 Å². The summed E-state index contributed by atoms with van der Waals surface area (Å²) in [4.78, 5) is 38.6. The van der Waals surface area contributed by atoms with Crippen molar-refractivity contribution < 1.29 is 27.9 Å². The molecule has 0 saturated carbocycles. The zero-order valence-corrected chi connectivity index (χ0v) is 20.4. The van der Waals surface area contributed by atoms with E-state index in [-0.39, 0.29) is 18.2 Å². The maximum Gasteiger partial charge on any atom is 0.305 e. The number of likely N-dealkylation sites (tertiary alicyclic amines) is 1. The molecule has 1 unspecified atom stereocenters. The lowest BCUT2D eigenvalue weighted by Crippen LogP contribution is -2.55. The van der Waals surface area contributed by atoms with E-state index in [9.17, 15) is 27.9 Å². The summed E-state index contributed by atoms with van der Waals surface area (Å²) in [6.45, 7) is 4.67. The Bertz CT molecular complexity index is 769. The van der Waals surface area contributed by atoms with Crippen LogP contribution in [0.5, 0.6) is 0 Å². The second kappa shape index (κ2) is 13.2. The summed E-state index contributed by atoms with van der Waals surface area (Å²) in [5.74, 6) is -1.76. The lowest BCUT2D eigenvalue weighted by molar-refractivity contribution is -0.138. The Kier molecular flexibility index (Phi) is 11.0. The van der Waals surface area contributed by atoms with Gasteiger partial charge in [0.2, 0.25) is 11.8 Å². The molecule has 0 aromatic heterocycles. The van der Waals surface area contributed by atoms with E-state index in [0.717, 1.165) is 32.4 Å². The van der Waals surface area contributed by atoms with Crippen LogP contribution in [-0.2, 0) is 24.2 Å². The first-order valence-corrected chi connectivity index (χ1v) is 13.8. The summed E-state index contributed by atoms with van der Waals surface area (Å²) >= 11 is 0. The Morgan fingerprint density at radius 1 is 1.21 bits per heavy atom. The molecule has 2 fully saturated rings. The van der Waals surface area contributed by atoms with Crippen molar-refractivity contribution in [2.75, 3.05) is 31.9 Å². The average Bonchev–Trinajstić information content (AvgIpc) is 2.80. The Balaban J connectivity index is 1.94. The Morgan fingerprint density at radius 2 is 1.91 bits per heavy atom. The van der Waals surface area contributed by atoms with Gasteiger partial charge in [0.05, 0.1) is 24.1 Å². The number of carboxylic acids is 1. The van der Waals surface area contributed by atoms with Crippen molar-refractivity contribution in [3.63, 3.8) is 0 Å². The second-order valence-corrected chi connectivity index (χ2v) is 11.6. The van der Waals surface area contributed by atoms with Crippen LogP contribution in [-0.4, -0.2) is 79.6 Å². The molecule has 2 amide bonds. The Morgan fingerprint density at radius 3 is 2.55 bits per heavy atom. The predicted molar refractivity (Wildman–Crippen MR) is 125 cm³/mol. The van der Waals surface area contributed by atoms with Crippen LogP contribution in [0.2, 0.25) is 0 Å². The minimum Gasteiger partial charge on any atom is -0.481 e. The normalized spacial score (nSPS) is 21.9. The molecule has 5 N–H and O–H groups in total. The third-order valence-electron chi connectivity index (χ3n) is 6.69. The third kappa shape index (κ3) is 8.86. The van der Waals surface area contributed by atoms with E-state index in [4.69, 9.17) is 5.73 Å². The highest BCUT2D eigenvalue weighted by Gasteiger charge is 2.35. The number of nitrogens with one attached hydrogen (secondary N) is 2. The van der Waals surface area contributed by atoms with Crippen LogP contribution < -0.4 is 16.4 Å². The zero-order chi connectivity index (χ0) is 24.4. The number of carbonyl (C=O) groups is 3.